The second-order valence-corrected chi connectivity index (χ2v) is 6.10. The zero-order valence-corrected chi connectivity index (χ0v) is 14.6. The second kappa shape index (κ2) is 8.00. The summed E-state index contributed by atoms with van der Waals surface area (Å²) >= 11 is 0. The Balaban J connectivity index is 1.40. The lowest BCUT2D eigenvalue weighted by Gasteiger charge is -2.30. The molecule has 134 valence electrons. The van der Waals surface area contributed by atoms with E-state index in [0.29, 0.717) is 18.9 Å². The van der Waals surface area contributed by atoms with Crippen molar-refractivity contribution in [2.75, 3.05) is 26.8 Å². The lowest BCUT2D eigenvalue weighted by molar-refractivity contribution is -0.132. The molecular formula is C18H23N3O4. The number of nitrogens with zero attached hydrogens (tertiary/aromatic N) is 3. The number of hydrogen-bond acceptors (Lipinski definition) is 6. The molecule has 3 rings (SSSR count). The van der Waals surface area contributed by atoms with Gasteiger partial charge in [-0.1, -0.05) is 5.16 Å². The zero-order valence-electron chi connectivity index (χ0n) is 14.6. The van der Waals surface area contributed by atoms with E-state index in [0.717, 1.165) is 43.3 Å². The Labute approximate surface area is 146 Å². The highest BCUT2D eigenvalue weighted by molar-refractivity contribution is 5.76. The first-order valence-corrected chi connectivity index (χ1v) is 8.50. The Morgan fingerprint density at radius 2 is 1.92 bits per heavy atom. The van der Waals surface area contributed by atoms with Gasteiger partial charge in [-0.05, 0) is 37.1 Å². The molecule has 0 saturated carbocycles. The van der Waals surface area contributed by atoms with Crippen LogP contribution in [0, 0.1) is 6.92 Å². The van der Waals surface area contributed by atoms with Crippen LogP contribution in [0.3, 0.4) is 0 Å². The molecule has 1 aromatic heterocycles. The number of aromatic nitrogens is 2. The minimum atomic E-state index is 0.122. The Bertz CT molecular complexity index is 691. The van der Waals surface area contributed by atoms with Gasteiger partial charge in [0.1, 0.15) is 11.5 Å². The van der Waals surface area contributed by atoms with Crippen LogP contribution in [0.5, 0.6) is 11.5 Å². The van der Waals surface area contributed by atoms with Crippen molar-refractivity contribution in [1.29, 1.82) is 0 Å². The minimum absolute atomic E-state index is 0.122. The predicted octanol–water partition coefficient (Wildman–Crippen LogP) is 2.56. The largest absolute Gasteiger partial charge is 0.497 e. The van der Waals surface area contributed by atoms with E-state index in [4.69, 9.17) is 14.0 Å². The lowest BCUT2D eigenvalue weighted by Crippen LogP contribution is -2.38. The number of carbonyl (C=O) groups is 1. The number of hydrogen-bond donors (Lipinski definition) is 0. The molecule has 0 bridgehead atoms. The van der Waals surface area contributed by atoms with Gasteiger partial charge in [-0.3, -0.25) is 4.79 Å². The number of benzene rings is 1. The first-order valence-electron chi connectivity index (χ1n) is 8.50. The van der Waals surface area contributed by atoms with Gasteiger partial charge in [0.05, 0.1) is 20.1 Å². The van der Waals surface area contributed by atoms with Gasteiger partial charge in [-0.2, -0.15) is 4.98 Å². The summed E-state index contributed by atoms with van der Waals surface area (Å²) in [6.45, 7) is 3.60. The van der Waals surface area contributed by atoms with Gasteiger partial charge < -0.3 is 18.9 Å². The summed E-state index contributed by atoms with van der Waals surface area (Å²) in [4.78, 5) is 18.5. The molecule has 25 heavy (non-hydrogen) atoms. The van der Waals surface area contributed by atoms with Crippen molar-refractivity contribution < 1.29 is 18.8 Å². The molecule has 0 unspecified atom stereocenters. The summed E-state index contributed by atoms with van der Waals surface area (Å²) in [5.41, 5.74) is 0. The first-order chi connectivity index (χ1) is 12.2. The molecule has 7 heteroatoms. The van der Waals surface area contributed by atoms with Crippen LogP contribution in [0.25, 0.3) is 0 Å². The molecule has 1 amide bonds. The van der Waals surface area contributed by atoms with Crippen LogP contribution in [-0.2, 0) is 4.79 Å². The predicted molar refractivity (Wildman–Crippen MR) is 90.7 cm³/mol. The Morgan fingerprint density at radius 3 is 2.52 bits per heavy atom. The quantitative estimate of drug-likeness (QED) is 0.801. The molecule has 0 N–H and O–H groups in total. The van der Waals surface area contributed by atoms with Crippen LogP contribution in [-0.4, -0.2) is 47.8 Å². The van der Waals surface area contributed by atoms with Crippen molar-refractivity contribution in [1.82, 2.24) is 15.0 Å². The van der Waals surface area contributed by atoms with Crippen molar-refractivity contribution in [3.8, 4) is 11.5 Å². The third kappa shape index (κ3) is 4.49. The van der Waals surface area contributed by atoms with Gasteiger partial charge >= 0.3 is 0 Å². The van der Waals surface area contributed by atoms with Gasteiger partial charge in [0.15, 0.2) is 5.82 Å². The first kappa shape index (κ1) is 17.3. The van der Waals surface area contributed by atoms with Gasteiger partial charge in [0, 0.05) is 25.9 Å². The van der Waals surface area contributed by atoms with E-state index in [1.807, 2.05) is 29.2 Å². The van der Waals surface area contributed by atoms with E-state index >= 15 is 0 Å². The van der Waals surface area contributed by atoms with Crippen molar-refractivity contribution in [2.45, 2.75) is 32.1 Å². The van der Waals surface area contributed by atoms with E-state index in [1.54, 1.807) is 14.0 Å². The molecule has 1 saturated heterocycles. The molecule has 0 spiro atoms. The average molecular weight is 345 g/mol. The molecule has 0 atom stereocenters. The second-order valence-electron chi connectivity index (χ2n) is 6.10. The van der Waals surface area contributed by atoms with Crippen molar-refractivity contribution >= 4 is 5.91 Å². The highest BCUT2D eigenvalue weighted by atomic mass is 16.5. The average Bonchev–Trinajstić information content (AvgIpc) is 3.09. The molecule has 1 fully saturated rings. The van der Waals surface area contributed by atoms with E-state index in [2.05, 4.69) is 10.1 Å². The molecular weight excluding hydrogens is 322 g/mol. The number of amides is 1. The number of rotatable bonds is 6. The third-order valence-corrected chi connectivity index (χ3v) is 4.40. The fourth-order valence-electron chi connectivity index (χ4n) is 2.95. The lowest BCUT2D eigenvalue weighted by atomic mass is 9.96. The number of carbonyl (C=O) groups excluding carboxylic acids is 1. The Kier molecular flexibility index (Phi) is 5.53. The zero-order chi connectivity index (χ0) is 17.6. The molecule has 1 aliphatic heterocycles. The van der Waals surface area contributed by atoms with Gasteiger partial charge in [-0.15, -0.1) is 0 Å². The summed E-state index contributed by atoms with van der Waals surface area (Å²) in [6.07, 6.45) is 2.10. The molecule has 2 aromatic rings. The Morgan fingerprint density at radius 1 is 1.24 bits per heavy atom. The summed E-state index contributed by atoms with van der Waals surface area (Å²) in [5.74, 6) is 3.26. The number of piperidine rings is 1. The van der Waals surface area contributed by atoms with Crippen molar-refractivity contribution in [2.24, 2.45) is 0 Å². The van der Waals surface area contributed by atoms with Crippen LogP contribution in [0.15, 0.2) is 28.8 Å². The maximum atomic E-state index is 12.3. The standard InChI is InChI=1S/C18H23N3O4/c1-13-19-18(20-25-13)14-7-10-21(11-8-14)17(22)9-12-24-16-5-3-15(23-2)4-6-16/h3-6,14H,7-12H2,1-2H3. The van der Waals surface area contributed by atoms with Crippen LogP contribution in [0.1, 0.15) is 36.9 Å². The maximum absolute atomic E-state index is 12.3. The number of ether oxygens (including phenoxy) is 2. The van der Waals surface area contributed by atoms with Crippen LogP contribution < -0.4 is 9.47 Å². The van der Waals surface area contributed by atoms with Crippen LogP contribution in [0.2, 0.25) is 0 Å². The molecule has 0 radical (unpaired) electrons. The number of methoxy groups -OCH3 is 1. The van der Waals surface area contributed by atoms with E-state index < -0.39 is 0 Å². The molecule has 7 nitrogen and oxygen atoms in total. The highest BCUT2D eigenvalue weighted by Crippen LogP contribution is 2.26. The number of aryl methyl sites for hydroxylation is 1. The topological polar surface area (TPSA) is 77.7 Å². The summed E-state index contributed by atoms with van der Waals surface area (Å²) in [6, 6.07) is 7.34. The highest BCUT2D eigenvalue weighted by Gasteiger charge is 2.26. The number of likely N-dealkylation sites (tertiary alicyclic amines) is 1. The summed E-state index contributed by atoms with van der Waals surface area (Å²) < 4.78 is 15.8. The van der Waals surface area contributed by atoms with E-state index in [1.165, 1.54) is 0 Å². The summed E-state index contributed by atoms with van der Waals surface area (Å²) in [7, 11) is 1.62. The SMILES string of the molecule is COc1ccc(OCCC(=O)N2CCC(c3noc(C)n3)CC2)cc1. The maximum Gasteiger partial charge on any atom is 0.225 e. The van der Waals surface area contributed by atoms with E-state index in [9.17, 15) is 4.79 Å². The van der Waals surface area contributed by atoms with Gasteiger partial charge in [-0.25, -0.2) is 0 Å². The molecule has 0 aliphatic carbocycles. The van der Waals surface area contributed by atoms with Gasteiger partial charge in [0.25, 0.3) is 0 Å². The summed E-state index contributed by atoms with van der Waals surface area (Å²) in [5, 5.41) is 3.99. The normalized spacial score (nSPS) is 15.2. The Hall–Kier alpha value is -2.57. The fraction of sp³-hybridized carbons (Fsp3) is 0.500. The third-order valence-electron chi connectivity index (χ3n) is 4.40. The van der Waals surface area contributed by atoms with Crippen LogP contribution >= 0.6 is 0 Å². The monoisotopic (exact) mass is 345 g/mol. The van der Waals surface area contributed by atoms with Gasteiger partial charge in [0.2, 0.25) is 11.8 Å². The van der Waals surface area contributed by atoms with E-state index in [-0.39, 0.29) is 11.8 Å². The molecule has 1 aliphatic rings. The van der Waals surface area contributed by atoms with Crippen molar-refractivity contribution in [3.63, 3.8) is 0 Å². The van der Waals surface area contributed by atoms with Crippen molar-refractivity contribution in [3.05, 3.63) is 36.0 Å². The smallest absolute Gasteiger partial charge is 0.225 e. The molecule has 2 heterocycles. The van der Waals surface area contributed by atoms with Crippen LogP contribution in [0.4, 0.5) is 0 Å². The molecule has 1 aromatic carbocycles. The fourth-order valence-corrected chi connectivity index (χ4v) is 2.95. The minimum Gasteiger partial charge on any atom is -0.497 e.